The molecule has 1 aromatic carbocycles. The molecule has 0 saturated carbocycles. The highest BCUT2D eigenvalue weighted by molar-refractivity contribution is 7.47. The standard InChI is InChI=1S/C62H92N13O14P/c1-29-20-39-40(21-30(29)2)75(28-70-39)57-52(84)53(41(27-76)87-57)89-90(85,86)88-31(3)26-69-49(83)18-19-59(8)37(22-46(66)80)56-62(11)61(10,25-48(68)82)36(14-17-45(65)79)51(74-62)33(5)55-60(9,24-47(67)81)34(12-15-43(63)77)38(71-55)23-42-58(6,7)35(13-16-44(64)78)50(72-42)32(4)54(59)73-56/h20-21,23,31,34-37,41,52-53,56-57,70-71,76,84H,12-19,22,24-28H2,1-11H3,(H2,63,77)(H2,64,78)(H2,65,79)(H2,66,80)(H2,67,81)(H2,68,82)(H,69,83)(H,85,86)/t31-,34-,35-,36-,37+,41-,52-,53-,56-,57+,59-,60+,61+,62+/m1/s1. The first kappa shape index (κ1) is 69.0. The summed E-state index contributed by atoms with van der Waals surface area (Å²) in [6.45, 7) is 19.6. The van der Waals surface area contributed by atoms with Crippen LogP contribution in [0.5, 0.6) is 0 Å². The maximum absolute atomic E-state index is 14.4. The molecule has 1 aromatic rings. The number of primary amides is 6. The van der Waals surface area contributed by atoms with Gasteiger partial charge in [-0.2, -0.15) is 0 Å². The van der Waals surface area contributed by atoms with Crippen LogP contribution in [0.2, 0.25) is 0 Å². The van der Waals surface area contributed by atoms with Crippen molar-refractivity contribution in [1.82, 2.24) is 10.6 Å². The van der Waals surface area contributed by atoms with Crippen LogP contribution in [0.25, 0.3) is 0 Å². The molecule has 8 bridgehead atoms. The number of benzene rings is 1. The summed E-state index contributed by atoms with van der Waals surface area (Å²) in [5.41, 5.74) is 37.8. The van der Waals surface area contributed by atoms with Crippen LogP contribution in [-0.2, 0) is 51.9 Å². The molecule has 1 unspecified atom stereocenters. The number of nitrogens with one attached hydrogen (secondary N) is 3. The lowest BCUT2D eigenvalue weighted by molar-refractivity contribution is -0.124. The topological polar surface area (TPSA) is 457 Å². The van der Waals surface area contributed by atoms with Gasteiger partial charge in [0.25, 0.3) is 0 Å². The van der Waals surface area contributed by atoms with Gasteiger partial charge in [-0.05, 0) is 108 Å². The van der Waals surface area contributed by atoms with Crippen LogP contribution in [0.1, 0.15) is 144 Å². The van der Waals surface area contributed by atoms with Gasteiger partial charge < -0.3 is 75.1 Å². The SMILES string of the molecule is CC1=C2N=C(C=C3NC(=C(C)C4=N[C@@](C)([C@@H]5N=C1[C@](C)(CCC(=O)NC[C@@H](C)OP(=O)(O)O[C@H]1[C@@H](O)[C@@H](N6CNc7cc(C)c(C)cc76)O[C@@H]1CO)[C@H]5CC(N)=O)[C@@](C)(CC(N)=O)[C@@H]4CCC(N)=O)[C@@](C)(CC(N)=O)[C@@H]3CCC(N)=O)C(C)(C)[C@@H]2CCC(N)=O. The van der Waals surface area contributed by atoms with Crippen LogP contribution in [0, 0.1) is 59.2 Å². The van der Waals surface area contributed by atoms with Crippen molar-refractivity contribution in [2.45, 2.75) is 189 Å². The number of aryl methyl sites for hydroxylation is 2. The minimum Gasteiger partial charge on any atom is -0.394 e. The van der Waals surface area contributed by atoms with E-state index in [1.165, 1.54) is 6.92 Å². The van der Waals surface area contributed by atoms with E-state index < -0.39 is 143 Å². The average molecular weight is 1270 g/mol. The van der Waals surface area contributed by atoms with Gasteiger partial charge in [0.05, 0.1) is 42.3 Å². The Hall–Kier alpha value is -6.87. The van der Waals surface area contributed by atoms with Gasteiger partial charge in [0.1, 0.15) is 18.3 Å². The molecular weight excluding hydrogens is 1180 g/mol. The van der Waals surface area contributed by atoms with Crippen LogP contribution < -0.4 is 55.3 Å². The molecule has 0 spiro atoms. The number of hydrogen-bond donors (Lipinski definition) is 12. The van der Waals surface area contributed by atoms with E-state index in [1.54, 1.807) is 4.90 Å². The fourth-order valence-electron chi connectivity index (χ4n) is 15.6. The Morgan fingerprint density at radius 3 is 2.00 bits per heavy atom. The Kier molecular flexibility index (Phi) is 19.7. The second-order valence-corrected chi connectivity index (χ2v) is 28.6. The predicted molar refractivity (Wildman–Crippen MR) is 336 cm³/mol. The normalized spacial score (nSPS) is 32.5. The number of phosphoric ester groups is 1. The van der Waals surface area contributed by atoms with Gasteiger partial charge in [-0.3, -0.25) is 57.6 Å². The minimum atomic E-state index is -5.05. The molecule has 27 nitrogen and oxygen atoms in total. The molecule has 18 N–H and O–H groups in total. The van der Waals surface area contributed by atoms with Crippen molar-refractivity contribution in [3.63, 3.8) is 0 Å². The molecule has 90 heavy (non-hydrogen) atoms. The number of carbonyl (C=O) groups is 7. The summed E-state index contributed by atoms with van der Waals surface area (Å²) < 4.78 is 30.8. The van der Waals surface area contributed by atoms with Crippen molar-refractivity contribution in [1.29, 1.82) is 0 Å². The van der Waals surface area contributed by atoms with E-state index >= 15 is 0 Å². The number of nitrogens with zero attached hydrogens (tertiary/aromatic N) is 4. The fourth-order valence-corrected chi connectivity index (χ4v) is 16.8. The molecule has 8 rings (SSSR count). The van der Waals surface area contributed by atoms with Crippen molar-refractivity contribution in [3.8, 4) is 0 Å². The summed E-state index contributed by atoms with van der Waals surface area (Å²) in [5.74, 6) is -7.15. The van der Waals surface area contributed by atoms with E-state index in [2.05, 4.69) is 16.0 Å². The van der Waals surface area contributed by atoms with Crippen molar-refractivity contribution in [2.24, 2.45) is 94.7 Å². The summed E-state index contributed by atoms with van der Waals surface area (Å²) >= 11 is 0. The zero-order valence-corrected chi connectivity index (χ0v) is 54.3. The van der Waals surface area contributed by atoms with Crippen molar-refractivity contribution >= 4 is 77.7 Å². The lowest BCUT2D eigenvalue weighted by Crippen LogP contribution is -2.56. The average Bonchev–Trinajstić information content (AvgIpc) is 1.53. The minimum absolute atomic E-state index is 0.00663. The van der Waals surface area contributed by atoms with Gasteiger partial charge in [0, 0.05) is 131 Å². The van der Waals surface area contributed by atoms with Crippen molar-refractivity contribution in [3.05, 3.63) is 57.6 Å². The molecule has 7 amide bonds. The molecule has 7 heterocycles. The number of carbonyl (C=O) groups excluding carboxylic acids is 7. The second-order valence-electron chi connectivity index (χ2n) is 27.3. The Morgan fingerprint density at radius 1 is 0.811 bits per heavy atom. The third-order valence-electron chi connectivity index (χ3n) is 20.8. The molecule has 15 atom stereocenters. The highest BCUT2D eigenvalue weighted by Crippen LogP contribution is 2.63. The number of aliphatic hydroxyl groups excluding tert-OH is 2. The van der Waals surface area contributed by atoms with Crippen LogP contribution in [0.3, 0.4) is 0 Å². The molecule has 494 valence electrons. The maximum atomic E-state index is 14.4. The summed E-state index contributed by atoms with van der Waals surface area (Å²) in [4.78, 5) is 123. The number of anilines is 2. The smallest absolute Gasteiger partial charge is 0.394 e. The number of amides is 7. The monoisotopic (exact) mass is 1270 g/mol. The first-order valence-corrected chi connectivity index (χ1v) is 32.2. The number of nitrogens with two attached hydrogens (primary N) is 6. The van der Waals surface area contributed by atoms with Crippen LogP contribution in [0.15, 0.2) is 61.4 Å². The number of rotatable bonds is 26. The van der Waals surface area contributed by atoms with Crippen molar-refractivity contribution < 1.29 is 67.0 Å². The molecular formula is C62H92N13O14P. The van der Waals surface area contributed by atoms with Gasteiger partial charge >= 0.3 is 7.82 Å². The quantitative estimate of drug-likeness (QED) is 0.0593. The van der Waals surface area contributed by atoms with E-state index in [4.69, 9.17) is 63.2 Å². The Balaban J connectivity index is 1.19. The van der Waals surface area contributed by atoms with E-state index in [0.717, 1.165) is 22.5 Å². The third kappa shape index (κ3) is 13.0. The first-order valence-electron chi connectivity index (χ1n) is 30.7. The van der Waals surface area contributed by atoms with Gasteiger partial charge in [0.15, 0.2) is 6.23 Å². The highest BCUT2D eigenvalue weighted by atomic mass is 31.2. The van der Waals surface area contributed by atoms with Crippen LogP contribution in [0.4, 0.5) is 11.4 Å². The van der Waals surface area contributed by atoms with E-state index in [1.807, 2.05) is 87.4 Å². The molecule has 7 aliphatic rings. The molecule has 0 radical (unpaired) electrons. The number of hydrogen-bond acceptors (Lipinski definition) is 19. The number of allylic oxidation sites excluding steroid dienone is 6. The zero-order chi connectivity index (χ0) is 66.7. The predicted octanol–water partition coefficient (Wildman–Crippen LogP) is 2.83. The molecule has 28 heteroatoms. The summed E-state index contributed by atoms with van der Waals surface area (Å²) in [6.07, 6.45) is -5.47. The van der Waals surface area contributed by atoms with Gasteiger partial charge in [-0.25, -0.2) is 4.57 Å². The summed E-state index contributed by atoms with van der Waals surface area (Å²) in [5, 5.41) is 31.5. The zero-order valence-electron chi connectivity index (χ0n) is 53.4. The molecule has 2 fully saturated rings. The second kappa shape index (κ2) is 25.7. The lowest BCUT2D eigenvalue weighted by atomic mass is 9.55. The number of aliphatic hydroxyl groups is 2. The van der Waals surface area contributed by atoms with E-state index in [0.29, 0.717) is 45.4 Å². The molecule has 7 aliphatic heterocycles. The van der Waals surface area contributed by atoms with Gasteiger partial charge in [-0.15, -0.1) is 0 Å². The number of ether oxygens (including phenoxy) is 1. The molecule has 0 aromatic heterocycles. The van der Waals surface area contributed by atoms with Crippen molar-refractivity contribution in [2.75, 3.05) is 30.0 Å². The maximum Gasteiger partial charge on any atom is 0.472 e. The van der Waals surface area contributed by atoms with Gasteiger partial charge in [-0.1, -0.05) is 34.6 Å². The van der Waals surface area contributed by atoms with Gasteiger partial charge in [0.2, 0.25) is 41.4 Å². The van der Waals surface area contributed by atoms with E-state index in [9.17, 15) is 53.2 Å². The third-order valence-corrected chi connectivity index (χ3v) is 21.9. The Labute approximate surface area is 524 Å². The fraction of sp³-hybridized carbons (Fsp3) is 0.645. The van der Waals surface area contributed by atoms with E-state index in [-0.39, 0.29) is 83.8 Å². The summed E-state index contributed by atoms with van der Waals surface area (Å²) in [6, 6.07) is 2.85. The number of phosphoric acid groups is 1. The summed E-state index contributed by atoms with van der Waals surface area (Å²) in [7, 11) is -5.05. The molecule has 0 aliphatic carbocycles. The van der Waals surface area contributed by atoms with Crippen LogP contribution in [-0.4, -0.2) is 136 Å². The molecule has 2 saturated heterocycles. The Bertz CT molecular complexity index is 3380. The Morgan fingerprint density at radius 2 is 1.41 bits per heavy atom. The van der Waals surface area contributed by atoms with Crippen LogP contribution >= 0.6 is 7.82 Å². The highest BCUT2D eigenvalue weighted by Gasteiger charge is 2.66. The number of aliphatic imine (C=N–C) groups is 3. The largest absolute Gasteiger partial charge is 0.472 e. The number of fused-ring (bicyclic) bond motifs is 7. The first-order chi connectivity index (χ1) is 41.8. The lowest BCUT2D eigenvalue weighted by Gasteiger charge is -2.48.